The van der Waals surface area contributed by atoms with Gasteiger partial charge in [-0.3, -0.25) is 4.98 Å². The molecular formula is C11H15NO. The number of pyridine rings is 1. The van der Waals surface area contributed by atoms with Crippen molar-refractivity contribution in [2.75, 3.05) is 0 Å². The summed E-state index contributed by atoms with van der Waals surface area (Å²) in [4.78, 5) is 4.28. The van der Waals surface area contributed by atoms with Gasteiger partial charge in [-0.25, -0.2) is 0 Å². The van der Waals surface area contributed by atoms with E-state index in [9.17, 15) is 0 Å². The van der Waals surface area contributed by atoms with Crippen LogP contribution in [0.5, 0.6) is 5.75 Å². The van der Waals surface area contributed by atoms with Gasteiger partial charge in [-0.05, 0) is 38.3 Å². The minimum atomic E-state index is 0.107. The third-order valence-corrected chi connectivity index (χ3v) is 2.48. The molecule has 0 N–H and O–H groups in total. The number of nitrogens with zero attached hydrogens (tertiary/aromatic N) is 1. The third kappa shape index (κ3) is 2.00. The molecule has 0 spiro atoms. The highest BCUT2D eigenvalue weighted by molar-refractivity contribution is 5.21. The summed E-state index contributed by atoms with van der Waals surface area (Å²) in [7, 11) is 0. The lowest BCUT2D eigenvalue weighted by Gasteiger charge is -2.11. The number of rotatable bonds is 3. The highest BCUT2D eigenvalue weighted by Crippen LogP contribution is 2.39. The molecule has 1 aromatic rings. The number of aryl methyl sites for hydroxylation is 1. The van der Waals surface area contributed by atoms with Gasteiger partial charge in [-0.15, -0.1) is 0 Å². The first-order chi connectivity index (χ1) is 6.22. The Morgan fingerprint density at radius 1 is 1.46 bits per heavy atom. The highest BCUT2D eigenvalue weighted by Gasteiger charge is 2.40. The van der Waals surface area contributed by atoms with Crippen LogP contribution in [0.4, 0.5) is 0 Å². The Labute approximate surface area is 78.9 Å². The Morgan fingerprint density at radius 2 is 2.23 bits per heavy atom. The molecule has 0 bridgehead atoms. The summed E-state index contributed by atoms with van der Waals surface area (Å²) in [6.45, 7) is 4.24. The zero-order valence-electron chi connectivity index (χ0n) is 8.21. The van der Waals surface area contributed by atoms with E-state index in [0.717, 1.165) is 17.9 Å². The van der Waals surface area contributed by atoms with Crippen molar-refractivity contribution in [2.24, 2.45) is 0 Å². The quantitative estimate of drug-likeness (QED) is 0.708. The first-order valence-corrected chi connectivity index (χ1v) is 4.86. The molecule has 1 fully saturated rings. The van der Waals surface area contributed by atoms with Crippen LogP contribution in [0.1, 0.15) is 32.4 Å². The first-order valence-electron chi connectivity index (χ1n) is 4.86. The maximum atomic E-state index is 5.75. The molecule has 2 nitrogen and oxygen atoms in total. The normalized spacial score (nSPS) is 18.3. The van der Waals surface area contributed by atoms with Gasteiger partial charge in [-0.1, -0.05) is 6.92 Å². The largest absolute Gasteiger partial charge is 0.486 e. The molecule has 70 valence electrons. The minimum Gasteiger partial charge on any atom is -0.486 e. The van der Waals surface area contributed by atoms with E-state index in [2.05, 4.69) is 18.8 Å². The van der Waals surface area contributed by atoms with Gasteiger partial charge in [0.15, 0.2) is 0 Å². The molecule has 0 aromatic carbocycles. The van der Waals surface area contributed by atoms with E-state index >= 15 is 0 Å². The molecule has 0 unspecified atom stereocenters. The van der Waals surface area contributed by atoms with E-state index in [1.807, 2.05) is 18.3 Å². The van der Waals surface area contributed by atoms with Crippen molar-refractivity contribution in [3.05, 3.63) is 24.0 Å². The first kappa shape index (κ1) is 8.54. The predicted octanol–water partition coefficient (Wildman–Crippen LogP) is 2.58. The van der Waals surface area contributed by atoms with Crippen LogP contribution in [0.2, 0.25) is 0 Å². The standard InChI is InChI=1S/C11H15NO/c1-3-9-4-5-10(8-12-9)13-11(2)6-7-11/h4-5,8H,3,6-7H2,1-2H3. The average molecular weight is 177 g/mol. The number of ether oxygens (including phenoxy) is 1. The monoisotopic (exact) mass is 177 g/mol. The summed E-state index contributed by atoms with van der Waals surface area (Å²) in [5, 5.41) is 0. The van der Waals surface area contributed by atoms with E-state index in [0.29, 0.717) is 0 Å². The summed E-state index contributed by atoms with van der Waals surface area (Å²) < 4.78 is 5.75. The summed E-state index contributed by atoms with van der Waals surface area (Å²) >= 11 is 0. The summed E-state index contributed by atoms with van der Waals surface area (Å²) in [5.41, 5.74) is 1.23. The number of hydrogen-bond acceptors (Lipinski definition) is 2. The van der Waals surface area contributed by atoms with E-state index in [1.165, 1.54) is 12.8 Å². The molecule has 13 heavy (non-hydrogen) atoms. The van der Waals surface area contributed by atoms with Crippen molar-refractivity contribution < 1.29 is 4.74 Å². The maximum Gasteiger partial charge on any atom is 0.138 e. The molecule has 1 heterocycles. The van der Waals surface area contributed by atoms with Crippen molar-refractivity contribution in [1.82, 2.24) is 4.98 Å². The molecule has 1 aromatic heterocycles. The Morgan fingerprint density at radius 3 is 2.69 bits per heavy atom. The van der Waals surface area contributed by atoms with Crippen LogP contribution in [0.3, 0.4) is 0 Å². The van der Waals surface area contributed by atoms with E-state index in [4.69, 9.17) is 4.74 Å². The fourth-order valence-electron chi connectivity index (χ4n) is 1.24. The van der Waals surface area contributed by atoms with Crippen LogP contribution in [-0.4, -0.2) is 10.6 Å². The summed E-state index contributed by atoms with van der Waals surface area (Å²) in [5.74, 6) is 0.900. The van der Waals surface area contributed by atoms with Gasteiger partial charge in [-0.2, -0.15) is 0 Å². The molecule has 0 radical (unpaired) electrons. The molecule has 0 saturated heterocycles. The molecule has 0 aliphatic heterocycles. The Balaban J connectivity index is 2.05. The van der Waals surface area contributed by atoms with Crippen LogP contribution in [0.25, 0.3) is 0 Å². The van der Waals surface area contributed by atoms with Crippen molar-refractivity contribution in [3.63, 3.8) is 0 Å². The van der Waals surface area contributed by atoms with Crippen LogP contribution in [-0.2, 0) is 6.42 Å². The number of aromatic nitrogens is 1. The topological polar surface area (TPSA) is 22.1 Å². The Kier molecular flexibility index (Phi) is 1.98. The Hall–Kier alpha value is -1.05. The molecule has 1 aliphatic carbocycles. The highest BCUT2D eigenvalue weighted by atomic mass is 16.5. The second-order valence-corrected chi connectivity index (χ2v) is 3.89. The number of hydrogen-bond donors (Lipinski definition) is 0. The van der Waals surface area contributed by atoms with Gasteiger partial charge >= 0.3 is 0 Å². The SMILES string of the molecule is CCc1ccc(OC2(C)CC2)cn1. The van der Waals surface area contributed by atoms with Crippen molar-refractivity contribution in [2.45, 2.75) is 38.7 Å². The van der Waals surface area contributed by atoms with Crippen molar-refractivity contribution in [3.8, 4) is 5.75 Å². The van der Waals surface area contributed by atoms with Crippen molar-refractivity contribution >= 4 is 0 Å². The van der Waals surface area contributed by atoms with Gasteiger partial charge in [0.1, 0.15) is 11.4 Å². The fraction of sp³-hybridized carbons (Fsp3) is 0.545. The second-order valence-electron chi connectivity index (χ2n) is 3.89. The van der Waals surface area contributed by atoms with Gasteiger partial charge in [0.25, 0.3) is 0 Å². The van der Waals surface area contributed by atoms with Gasteiger partial charge < -0.3 is 4.74 Å². The third-order valence-electron chi connectivity index (χ3n) is 2.48. The molecule has 1 saturated carbocycles. The van der Waals surface area contributed by atoms with Crippen LogP contribution in [0.15, 0.2) is 18.3 Å². The zero-order chi connectivity index (χ0) is 9.31. The van der Waals surface area contributed by atoms with Crippen LogP contribution in [0, 0.1) is 0 Å². The predicted molar refractivity (Wildman–Crippen MR) is 51.9 cm³/mol. The maximum absolute atomic E-state index is 5.75. The van der Waals surface area contributed by atoms with E-state index in [1.54, 1.807) is 0 Å². The zero-order valence-corrected chi connectivity index (χ0v) is 8.21. The van der Waals surface area contributed by atoms with Crippen LogP contribution < -0.4 is 4.74 Å². The lowest BCUT2D eigenvalue weighted by molar-refractivity contribution is 0.199. The lowest BCUT2D eigenvalue weighted by Crippen LogP contribution is -2.12. The van der Waals surface area contributed by atoms with E-state index in [-0.39, 0.29) is 5.60 Å². The lowest BCUT2D eigenvalue weighted by atomic mass is 10.3. The molecule has 0 atom stereocenters. The molecular weight excluding hydrogens is 162 g/mol. The average Bonchev–Trinajstić information content (AvgIpc) is 2.85. The minimum absolute atomic E-state index is 0.107. The smallest absolute Gasteiger partial charge is 0.138 e. The molecule has 2 heteroatoms. The Bertz CT molecular complexity index is 287. The summed E-state index contributed by atoms with van der Waals surface area (Å²) in [6.07, 6.45) is 5.14. The fourth-order valence-corrected chi connectivity index (χ4v) is 1.24. The van der Waals surface area contributed by atoms with Gasteiger partial charge in [0, 0.05) is 5.69 Å². The molecule has 1 aliphatic rings. The van der Waals surface area contributed by atoms with E-state index < -0.39 is 0 Å². The van der Waals surface area contributed by atoms with Gasteiger partial charge in [0.05, 0.1) is 6.20 Å². The summed E-state index contributed by atoms with van der Waals surface area (Å²) in [6, 6.07) is 4.04. The molecule has 2 rings (SSSR count). The van der Waals surface area contributed by atoms with Crippen LogP contribution >= 0.6 is 0 Å². The second kappa shape index (κ2) is 3.02. The van der Waals surface area contributed by atoms with Crippen molar-refractivity contribution in [1.29, 1.82) is 0 Å². The van der Waals surface area contributed by atoms with Gasteiger partial charge in [0.2, 0.25) is 0 Å². The molecule has 0 amide bonds.